The van der Waals surface area contributed by atoms with Gasteiger partial charge in [0.2, 0.25) is 11.8 Å². The molecule has 4 rings (SSSR count). The van der Waals surface area contributed by atoms with Crippen LogP contribution in [0.1, 0.15) is 18.5 Å². The number of anilines is 1. The normalized spacial score (nSPS) is 15.4. The summed E-state index contributed by atoms with van der Waals surface area (Å²) in [6, 6.07) is 25.7. The van der Waals surface area contributed by atoms with Gasteiger partial charge in [0.15, 0.2) is 0 Å². The van der Waals surface area contributed by atoms with Crippen LogP contribution in [0.25, 0.3) is 11.1 Å². The number of nitrogens with zero attached hydrogens (tertiary/aromatic N) is 2. The molecule has 1 fully saturated rings. The Morgan fingerprint density at radius 2 is 1.31 bits per heavy atom. The van der Waals surface area contributed by atoms with Crippen LogP contribution in [0.4, 0.5) is 5.69 Å². The summed E-state index contributed by atoms with van der Waals surface area (Å²) < 4.78 is 0. The summed E-state index contributed by atoms with van der Waals surface area (Å²) in [5.74, 6) is -0.0778. The first kappa shape index (κ1) is 24.9. The van der Waals surface area contributed by atoms with Crippen molar-refractivity contribution < 1.29 is 9.59 Å². The maximum Gasteiger partial charge on any atom is 0.238 e. The van der Waals surface area contributed by atoms with E-state index >= 15 is 0 Å². The van der Waals surface area contributed by atoms with Crippen molar-refractivity contribution in [2.24, 2.45) is 0 Å². The lowest BCUT2D eigenvalue weighted by atomic mass is 10.0. The van der Waals surface area contributed by atoms with Crippen LogP contribution in [0.2, 0.25) is 5.02 Å². The molecule has 0 unspecified atom stereocenters. The Balaban J connectivity index is 1.19. The van der Waals surface area contributed by atoms with Gasteiger partial charge in [-0.05, 0) is 35.7 Å². The molecule has 182 valence electrons. The topological polar surface area (TPSA) is 64.7 Å². The Hall–Kier alpha value is -3.19. The van der Waals surface area contributed by atoms with Gasteiger partial charge in [-0.3, -0.25) is 19.4 Å². The van der Waals surface area contributed by atoms with E-state index in [9.17, 15) is 9.59 Å². The van der Waals surface area contributed by atoms with Crippen molar-refractivity contribution in [2.45, 2.75) is 13.0 Å². The molecule has 1 heterocycles. The first-order valence-corrected chi connectivity index (χ1v) is 12.3. The molecule has 0 radical (unpaired) electrons. The lowest BCUT2D eigenvalue weighted by Crippen LogP contribution is -2.51. The van der Waals surface area contributed by atoms with Crippen molar-refractivity contribution >= 4 is 29.1 Å². The zero-order valence-corrected chi connectivity index (χ0v) is 20.7. The average Bonchev–Trinajstić information content (AvgIpc) is 2.87. The van der Waals surface area contributed by atoms with Crippen LogP contribution in [0, 0.1) is 0 Å². The summed E-state index contributed by atoms with van der Waals surface area (Å²) in [4.78, 5) is 29.2. The van der Waals surface area contributed by atoms with Gasteiger partial charge in [-0.25, -0.2) is 0 Å². The molecular weight excluding hydrogens is 460 g/mol. The van der Waals surface area contributed by atoms with Crippen LogP contribution in [-0.2, 0) is 9.59 Å². The van der Waals surface area contributed by atoms with E-state index in [2.05, 4.69) is 56.8 Å². The molecule has 1 atom stereocenters. The minimum atomic E-state index is -0.0867. The van der Waals surface area contributed by atoms with Gasteiger partial charge in [0.1, 0.15) is 0 Å². The van der Waals surface area contributed by atoms with E-state index < -0.39 is 0 Å². The number of rotatable bonds is 8. The number of hydrogen-bond donors (Lipinski definition) is 2. The minimum absolute atomic E-state index is 0.00884. The van der Waals surface area contributed by atoms with E-state index in [1.807, 2.05) is 37.3 Å². The molecule has 6 nitrogen and oxygen atoms in total. The monoisotopic (exact) mass is 490 g/mol. The Labute approximate surface area is 211 Å². The maximum atomic E-state index is 12.6. The van der Waals surface area contributed by atoms with Crippen LogP contribution in [0.15, 0.2) is 78.9 Å². The molecule has 1 aliphatic heterocycles. The van der Waals surface area contributed by atoms with E-state index in [1.54, 1.807) is 12.1 Å². The summed E-state index contributed by atoms with van der Waals surface area (Å²) in [6.07, 6.45) is 0. The third-order valence-corrected chi connectivity index (χ3v) is 6.57. The zero-order valence-electron chi connectivity index (χ0n) is 19.9. The Bertz CT molecular complexity index is 1130. The third-order valence-electron chi connectivity index (χ3n) is 6.24. The molecule has 0 aromatic heterocycles. The number of benzene rings is 3. The van der Waals surface area contributed by atoms with Crippen LogP contribution in [-0.4, -0.2) is 60.9 Å². The molecule has 1 aliphatic rings. The second-order valence-electron chi connectivity index (χ2n) is 8.86. The second-order valence-corrected chi connectivity index (χ2v) is 9.26. The molecule has 2 amide bonds. The molecule has 0 bridgehead atoms. The van der Waals surface area contributed by atoms with Crippen molar-refractivity contribution in [1.29, 1.82) is 0 Å². The van der Waals surface area contributed by atoms with Gasteiger partial charge >= 0.3 is 0 Å². The number of piperazine rings is 1. The fraction of sp³-hybridized carbons (Fsp3) is 0.286. The number of amides is 2. The first-order chi connectivity index (χ1) is 17.0. The van der Waals surface area contributed by atoms with Crippen LogP contribution in [0.3, 0.4) is 0 Å². The van der Waals surface area contributed by atoms with Gasteiger partial charge in [-0.1, -0.05) is 78.3 Å². The van der Waals surface area contributed by atoms with Crippen LogP contribution >= 0.6 is 11.6 Å². The quantitative estimate of drug-likeness (QED) is 0.490. The average molecular weight is 491 g/mol. The maximum absolute atomic E-state index is 12.6. The zero-order chi connectivity index (χ0) is 24.6. The first-order valence-electron chi connectivity index (χ1n) is 11.9. The Morgan fingerprint density at radius 1 is 0.771 bits per heavy atom. The summed E-state index contributed by atoms with van der Waals surface area (Å²) in [5.41, 5.74) is 4.04. The lowest BCUT2D eigenvalue weighted by molar-refractivity contribution is -0.124. The minimum Gasteiger partial charge on any atom is -0.348 e. The number of halogens is 1. The van der Waals surface area contributed by atoms with E-state index in [0.717, 1.165) is 37.3 Å². The molecule has 7 heteroatoms. The third kappa shape index (κ3) is 7.15. The highest BCUT2D eigenvalue weighted by atomic mass is 35.5. The van der Waals surface area contributed by atoms with Gasteiger partial charge in [-0.2, -0.15) is 0 Å². The van der Waals surface area contributed by atoms with Crippen molar-refractivity contribution in [1.82, 2.24) is 15.1 Å². The van der Waals surface area contributed by atoms with Crippen molar-refractivity contribution in [2.75, 3.05) is 44.6 Å². The van der Waals surface area contributed by atoms with Gasteiger partial charge in [0.05, 0.1) is 29.8 Å². The van der Waals surface area contributed by atoms with E-state index in [0.29, 0.717) is 23.8 Å². The number of carbonyl (C=O) groups excluding carboxylic acids is 2. The van der Waals surface area contributed by atoms with E-state index in [4.69, 9.17) is 11.6 Å². The second kappa shape index (κ2) is 12.0. The Morgan fingerprint density at radius 3 is 1.94 bits per heavy atom. The van der Waals surface area contributed by atoms with Gasteiger partial charge < -0.3 is 10.6 Å². The molecule has 0 aliphatic carbocycles. The fourth-order valence-electron chi connectivity index (χ4n) is 4.23. The molecule has 0 saturated carbocycles. The van der Waals surface area contributed by atoms with Gasteiger partial charge in [0, 0.05) is 26.2 Å². The predicted molar refractivity (Wildman–Crippen MR) is 141 cm³/mol. The molecule has 2 N–H and O–H groups in total. The fourth-order valence-corrected chi connectivity index (χ4v) is 4.41. The number of nitrogens with one attached hydrogen (secondary N) is 2. The number of carbonyl (C=O) groups is 2. The summed E-state index contributed by atoms with van der Waals surface area (Å²) >= 11 is 6.11. The SMILES string of the molecule is C[C@@H](NC(=O)CN1CCN(CC(=O)Nc2ccccc2Cl)CC1)c1ccc(-c2ccccc2)cc1. The molecule has 1 saturated heterocycles. The van der Waals surface area contributed by atoms with Gasteiger partial charge in [0.25, 0.3) is 0 Å². The van der Waals surface area contributed by atoms with Crippen molar-refractivity contribution in [3.63, 3.8) is 0 Å². The highest BCUT2D eigenvalue weighted by molar-refractivity contribution is 6.33. The van der Waals surface area contributed by atoms with E-state index in [-0.39, 0.29) is 17.9 Å². The van der Waals surface area contributed by atoms with Gasteiger partial charge in [-0.15, -0.1) is 0 Å². The highest BCUT2D eigenvalue weighted by Crippen LogP contribution is 2.22. The summed E-state index contributed by atoms with van der Waals surface area (Å²) in [6.45, 7) is 5.62. The molecule has 3 aromatic rings. The Kier molecular flexibility index (Phi) is 8.53. The van der Waals surface area contributed by atoms with E-state index in [1.165, 1.54) is 5.56 Å². The molecular formula is C28H31ClN4O2. The smallest absolute Gasteiger partial charge is 0.238 e. The largest absolute Gasteiger partial charge is 0.348 e. The number of para-hydroxylation sites is 1. The highest BCUT2D eigenvalue weighted by Gasteiger charge is 2.21. The van der Waals surface area contributed by atoms with Crippen molar-refractivity contribution in [3.05, 3.63) is 89.4 Å². The van der Waals surface area contributed by atoms with Crippen molar-refractivity contribution in [3.8, 4) is 11.1 Å². The standard InChI is InChI=1S/C28H31ClN4O2/c1-21(22-11-13-24(14-12-22)23-7-3-2-4-8-23)30-27(34)19-32-15-17-33(18-16-32)20-28(35)31-26-10-6-5-9-25(26)29/h2-14,21H,15-20H2,1H3,(H,30,34)(H,31,35)/t21-/m1/s1. The summed E-state index contributed by atoms with van der Waals surface area (Å²) in [5, 5.41) is 6.49. The molecule has 35 heavy (non-hydrogen) atoms. The predicted octanol–water partition coefficient (Wildman–Crippen LogP) is 4.44. The molecule has 0 spiro atoms. The lowest BCUT2D eigenvalue weighted by Gasteiger charge is -2.34. The van der Waals surface area contributed by atoms with Crippen LogP contribution < -0.4 is 10.6 Å². The summed E-state index contributed by atoms with van der Waals surface area (Å²) in [7, 11) is 0. The molecule has 3 aromatic carbocycles. The number of hydrogen-bond acceptors (Lipinski definition) is 4. The van der Waals surface area contributed by atoms with Crippen LogP contribution in [0.5, 0.6) is 0 Å².